The van der Waals surface area contributed by atoms with Crippen molar-refractivity contribution in [3.63, 3.8) is 0 Å². The van der Waals surface area contributed by atoms with Gasteiger partial charge in [0.2, 0.25) is 0 Å². The van der Waals surface area contributed by atoms with Gasteiger partial charge in [-0.05, 0) is 5.56 Å². The second kappa shape index (κ2) is 8.59. The highest BCUT2D eigenvalue weighted by atomic mass is 16.5. The molecule has 0 spiro atoms. The lowest BCUT2D eigenvalue weighted by molar-refractivity contribution is -0.908. The third kappa shape index (κ3) is 4.77. The summed E-state index contributed by atoms with van der Waals surface area (Å²) in [6.45, 7) is 5.84. The molecule has 0 radical (unpaired) electrons. The topological polar surface area (TPSA) is 99.5 Å². The van der Waals surface area contributed by atoms with E-state index in [1.54, 1.807) is 4.68 Å². The Bertz CT molecular complexity index is 682. The van der Waals surface area contributed by atoms with Gasteiger partial charge in [-0.3, -0.25) is 4.79 Å². The summed E-state index contributed by atoms with van der Waals surface area (Å²) < 4.78 is 6.88. The number of quaternary nitrogens is 1. The number of carbonyl (C=O) groups is 1. The van der Waals surface area contributed by atoms with E-state index in [0.29, 0.717) is 18.9 Å². The molecule has 1 saturated heterocycles. The zero-order valence-electron chi connectivity index (χ0n) is 14.3. The molecular weight excluding hydrogens is 320 g/mol. The lowest BCUT2D eigenvalue weighted by atomic mass is 10.2. The Kier molecular flexibility index (Phi) is 5.97. The van der Waals surface area contributed by atoms with Crippen LogP contribution in [0.1, 0.15) is 22.5 Å². The molecule has 1 aromatic carbocycles. The SMILES string of the molecule is Nc1c(C(=O)NCCC[NH+]2CCOCC2)nnn1Cc1ccccc1. The Labute approximate surface area is 146 Å². The van der Waals surface area contributed by atoms with Crippen molar-refractivity contribution >= 4 is 11.7 Å². The van der Waals surface area contributed by atoms with Crippen LogP contribution in [-0.4, -0.2) is 60.3 Å². The van der Waals surface area contributed by atoms with E-state index in [9.17, 15) is 4.79 Å². The van der Waals surface area contributed by atoms with Crippen LogP contribution >= 0.6 is 0 Å². The van der Waals surface area contributed by atoms with E-state index in [4.69, 9.17) is 10.5 Å². The van der Waals surface area contributed by atoms with Crippen LogP contribution in [0.2, 0.25) is 0 Å². The minimum atomic E-state index is -0.270. The summed E-state index contributed by atoms with van der Waals surface area (Å²) in [6, 6.07) is 9.81. The average molecular weight is 345 g/mol. The summed E-state index contributed by atoms with van der Waals surface area (Å²) in [5.74, 6) is 0.0222. The van der Waals surface area contributed by atoms with Crippen molar-refractivity contribution in [2.45, 2.75) is 13.0 Å². The minimum absolute atomic E-state index is 0.189. The third-order valence-electron chi connectivity index (χ3n) is 4.36. The number of ether oxygens (including phenoxy) is 1. The maximum absolute atomic E-state index is 12.2. The number of rotatable bonds is 7. The number of aromatic nitrogens is 3. The van der Waals surface area contributed by atoms with Gasteiger partial charge in [0.05, 0.1) is 26.3 Å². The summed E-state index contributed by atoms with van der Waals surface area (Å²) in [6.07, 6.45) is 0.916. The number of amides is 1. The Morgan fingerprint density at radius 2 is 2.04 bits per heavy atom. The highest BCUT2D eigenvalue weighted by molar-refractivity contribution is 5.96. The van der Waals surface area contributed by atoms with Crippen LogP contribution in [0.15, 0.2) is 30.3 Å². The van der Waals surface area contributed by atoms with Crippen molar-refractivity contribution in [1.82, 2.24) is 20.3 Å². The van der Waals surface area contributed by atoms with E-state index in [-0.39, 0.29) is 11.6 Å². The predicted molar refractivity (Wildman–Crippen MR) is 93.3 cm³/mol. The number of nitrogen functional groups attached to an aromatic ring is 1. The average Bonchev–Trinajstić information content (AvgIpc) is 3.01. The number of nitrogens with zero attached hydrogens (tertiary/aromatic N) is 3. The van der Waals surface area contributed by atoms with Crippen molar-refractivity contribution in [3.05, 3.63) is 41.6 Å². The zero-order chi connectivity index (χ0) is 17.5. The number of nitrogens with two attached hydrogens (primary N) is 1. The Morgan fingerprint density at radius 1 is 1.28 bits per heavy atom. The molecule has 8 heteroatoms. The molecule has 2 aromatic rings. The first-order chi connectivity index (χ1) is 12.2. The van der Waals surface area contributed by atoms with Gasteiger partial charge >= 0.3 is 0 Å². The molecule has 1 aromatic heterocycles. The highest BCUT2D eigenvalue weighted by Gasteiger charge is 2.18. The van der Waals surface area contributed by atoms with Gasteiger partial charge in [-0.1, -0.05) is 35.5 Å². The van der Waals surface area contributed by atoms with Crippen molar-refractivity contribution in [3.8, 4) is 0 Å². The van der Waals surface area contributed by atoms with Crippen LogP contribution in [0, 0.1) is 0 Å². The second-order valence-electron chi connectivity index (χ2n) is 6.19. The monoisotopic (exact) mass is 345 g/mol. The normalized spacial score (nSPS) is 15.2. The van der Waals surface area contributed by atoms with Crippen molar-refractivity contribution in [2.24, 2.45) is 0 Å². The molecule has 1 amide bonds. The van der Waals surface area contributed by atoms with E-state index in [1.165, 1.54) is 4.90 Å². The van der Waals surface area contributed by atoms with E-state index in [0.717, 1.165) is 44.8 Å². The van der Waals surface area contributed by atoms with Crippen LogP contribution in [0.5, 0.6) is 0 Å². The Balaban J connectivity index is 1.47. The maximum Gasteiger partial charge on any atom is 0.275 e. The van der Waals surface area contributed by atoms with E-state index in [2.05, 4.69) is 15.6 Å². The summed E-state index contributed by atoms with van der Waals surface area (Å²) in [5.41, 5.74) is 7.28. The van der Waals surface area contributed by atoms with Gasteiger partial charge in [0.1, 0.15) is 13.1 Å². The molecule has 0 saturated carbocycles. The largest absolute Gasteiger partial charge is 0.382 e. The molecule has 4 N–H and O–H groups in total. The summed E-state index contributed by atoms with van der Waals surface area (Å²) in [4.78, 5) is 13.8. The lowest BCUT2D eigenvalue weighted by Gasteiger charge is -2.23. The first-order valence-corrected chi connectivity index (χ1v) is 8.66. The van der Waals surface area contributed by atoms with Crippen molar-refractivity contribution < 1.29 is 14.4 Å². The third-order valence-corrected chi connectivity index (χ3v) is 4.36. The number of benzene rings is 1. The number of carbonyl (C=O) groups excluding carboxylic acids is 1. The molecule has 1 fully saturated rings. The molecule has 1 aliphatic rings. The standard InChI is InChI=1S/C17H24N6O2/c18-16-15(20-21-23(16)13-14-5-2-1-3-6-14)17(24)19-7-4-8-22-9-11-25-12-10-22/h1-3,5-6H,4,7-13,18H2,(H,19,24)/p+1. The number of morpholine rings is 1. The van der Waals surface area contributed by atoms with Crippen LogP contribution in [0.4, 0.5) is 5.82 Å². The summed E-state index contributed by atoms with van der Waals surface area (Å²) in [7, 11) is 0. The number of hydrogen-bond donors (Lipinski definition) is 3. The molecule has 0 bridgehead atoms. The van der Waals surface area contributed by atoms with Gasteiger partial charge in [0, 0.05) is 13.0 Å². The lowest BCUT2D eigenvalue weighted by Crippen LogP contribution is -3.14. The van der Waals surface area contributed by atoms with Crippen molar-refractivity contribution in [2.75, 3.05) is 45.1 Å². The van der Waals surface area contributed by atoms with E-state index in [1.807, 2.05) is 30.3 Å². The fourth-order valence-electron chi connectivity index (χ4n) is 2.89. The molecule has 2 heterocycles. The second-order valence-corrected chi connectivity index (χ2v) is 6.19. The van der Waals surface area contributed by atoms with E-state index >= 15 is 0 Å². The van der Waals surface area contributed by atoms with Gasteiger partial charge in [0.15, 0.2) is 11.5 Å². The molecule has 0 aliphatic carbocycles. The van der Waals surface area contributed by atoms with Crippen LogP contribution in [0.3, 0.4) is 0 Å². The van der Waals surface area contributed by atoms with Gasteiger partial charge in [-0.25, -0.2) is 4.68 Å². The molecule has 0 unspecified atom stereocenters. The van der Waals surface area contributed by atoms with Gasteiger partial charge in [-0.15, -0.1) is 5.10 Å². The molecule has 0 atom stereocenters. The first kappa shape index (κ1) is 17.4. The number of anilines is 1. The number of hydrogen-bond acceptors (Lipinski definition) is 5. The van der Waals surface area contributed by atoms with Crippen molar-refractivity contribution in [1.29, 1.82) is 0 Å². The molecule has 8 nitrogen and oxygen atoms in total. The van der Waals surface area contributed by atoms with Gasteiger partial charge < -0.3 is 20.7 Å². The fourth-order valence-corrected chi connectivity index (χ4v) is 2.89. The molecule has 25 heavy (non-hydrogen) atoms. The van der Waals surface area contributed by atoms with Crippen LogP contribution in [-0.2, 0) is 11.3 Å². The number of nitrogens with one attached hydrogen (secondary N) is 2. The Hall–Kier alpha value is -2.45. The summed E-state index contributed by atoms with van der Waals surface area (Å²) in [5, 5.41) is 10.8. The summed E-state index contributed by atoms with van der Waals surface area (Å²) >= 11 is 0. The van der Waals surface area contributed by atoms with Gasteiger partial charge in [-0.2, -0.15) is 0 Å². The molecule has 3 rings (SSSR count). The molecular formula is C17H25N6O2+. The van der Waals surface area contributed by atoms with Crippen LogP contribution in [0.25, 0.3) is 0 Å². The highest BCUT2D eigenvalue weighted by Crippen LogP contribution is 2.10. The Morgan fingerprint density at radius 3 is 2.80 bits per heavy atom. The first-order valence-electron chi connectivity index (χ1n) is 8.66. The zero-order valence-corrected chi connectivity index (χ0v) is 14.3. The quantitative estimate of drug-likeness (QED) is 0.556. The maximum atomic E-state index is 12.2. The fraction of sp³-hybridized carbons (Fsp3) is 0.471. The smallest absolute Gasteiger partial charge is 0.275 e. The minimum Gasteiger partial charge on any atom is -0.382 e. The van der Waals surface area contributed by atoms with E-state index < -0.39 is 0 Å². The van der Waals surface area contributed by atoms with Crippen LogP contribution < -0.4 is 16.0 Å². The molecule has 134 valence electrons. The molecule has 1 aliphatic heterocycles. The van der Waals surface area contributed by atoms with Gasteiger partial charge in [0.25, 0.3) is 5.91 Å². The predicted octanol–water partition coefficient (Wildman–Crippen LogP) is -1.06.